The standard InChI is InChI=1S/C15H20O3/c1-11(2)18-14-7-3-5-12(9-14)15(16)13-6-4-8-17-10-13/h3,5,7,9,11,13H,4,6,8,10H2,1-2H3. The van der Waals surface area contributed by atoms with Crippen molar-refractivity contribution >= 4 is 5.78 Å². The van der Waals surface area contributed by atoms with Gasteiger partial charge >= 0.3 is 0 Å². The van der Waals surface area contributed by atoms with Crippen LogP contribution in [0, 0.1) is 5.92 Å². The lowest BCUT2D eigenvalue weighted by Crippen LogP contribution is -2.25. The Morgan fingerprint density at radius 3 is 2.94 bits per heavy atom. The predicted molar refractivity (Wildman–Crippen MR) is 70.1 cm³/mol. The maximum atomic E-state index is 12.3. The molecule has 2 rings (SSSR count). The van der Waals surface area contributed by atoms with E-state index >= 15 is 0 Å². The number of hydrogen-bond acceptors (Lipinski definition) is 3. The minimum Gasteiger partial charge on any atom is -0.491 e. The van der Waals surface area contributed by atoms with Crippen LogP contribution >= 0.6 is 0 Å². The van der Waals surface area contributed by atoms with Crippen LogP contribution in [0.4, 0.5) is 0 Å². The molecule has 1 atom stereocenters. The second kappa shape index (κ2) is 6.01. The molecule has 1 unspecified atom stereocenters. The summed E-state index contributed by atoms with van der Waals surface area (Å²) in [5.41, 5.74) is 0.726. The van der Waals surface area contributed by atoms with Crippen molar-refractivity contribution in [3.8, 4) is 5.75 Å². The first-order valence-corrected chi connectivity index (χ1v) is 6.55. The minimum atomic E-state index is 0.00745. The third-order valence-corrected chi connectivity index (χ3v) is 3.02. The van der Waals surface area contributed by atoms with Crippen LogP contribution in [-0.2, 0) is 4.74 Å². The van der Waals surface area contributed by atoms with Gasteiger partial charge in [0.2, 0.25) is 0 Å². The molecule has 0 N–H and O–H groups in total. The topological polar surface area (TPSA) is 35.5 Å². The lowest BCUT2D eigenvalue weighted by atomic mass is 9.93. The summed E-state index contributed by atoms with van der Waals surface area (Å²) in [6.45, 7) is 5.28. The quantitative estimate of drug-likeness (QED) is 0.768. The van der Waals surface area contributed by atoms with E-state index in [0.717, 1.165) is 30.8 Å². The molecule has 0 saturated carbocycles. The van der Waals surface area contributed by atoms with Crippen LogP contribution in [0.3, 0.4) is 0 Å². The second-order valence-corrected chi connectivity index (χ2v) is 4.97. The molecule has 0 bridgehead atoms. The molecule has 3 nitrogen and oxygen atoms in total. The molecule has 0 aliphatic carbocycles. The van der Waals surface area contributed by atoms with Crippen LogP contribution in [0.1, 0.15) is 37.0 Å². The lowest BCUT2D eigenvalue weighted by Gasteiger charge is -2.21. The number of ketones is 1. The number of hydrogen-bond donors (Lipinski definition) is 0. The van der Waals surface area contributed by atoms with Gasteiger partial charge < -0.3 is 9.47 Å². The molecular weight excluding hydrogens is 228 g/mol. The van der Waals surface area contributed by atoms with Gasteiger partial charge in [0.15, 0.2) is 5.78 Å². The summed E-state index contributed by atoms with van der Waals surface area (Å²) < 4.78 is 11.0. The van der Waals surface area contributed by atoms with Crippen molar-refractivity contribution in [3.05, 3.63) is 29.8 Å². The van der Waals surface area contributed by atoms with Gasteiger partial charge in [0, 0.05) is 18.1 Å². The van der Waals surface area contributed by atoms with Crippen LogP contribution in [0.2, 0.25) is 0 Å². The number of rotatable bonds is 4. The molecule has 1 aromatic carbocycles. The van der Waals surface area contributed by atoms with Crippen molar-refractivity contribution in [1.29, 1.82) is 0 Å². The van der Waals surface area contributed by atoms with E-state index in [9.17, 15) is 4.79 Å². The first kappa shape index (κ1) is 13.1. The van der Waals surface area contributed by atoms with Crippen molar-refractivity contribution < 1.29 is 14.3 Å². The Labute approximate surface area is 108 Å². The fourth-order valence-electron chi connectivity index (χ4n) is 2.18. The van der Waals surface area contributed by atoms with Crippen molar-refractivity contribution in [2.24, 2.45) is 5.92 Å². The molecule has 0 aromatic heterocycles. The molecule has 1 fully saturated rings. The van der Waals surface area contributed by atoms with Gasteiger partial charge in [-0.1, -0.05) is 12.1 Å². The molecule has 3 heteroatoms. The Morgan fingerprint density at radius 2 is 2.28 bits per heavy atom. The summed E-state index contributed by atoms with van der Waals surface area (Å²) in [6.07, 6.45) is 2.01. The highest BCUT2D eigenvalue weighted by Gasteiger charge is 2.23. The molecule has 0 spiro atoms. The maximum absolute atomic E-state index is 12.3. The maximum Gasteiger partial charge on any atom is 0.168 e. The van der Waals surface area contributed by atoms with Crippen molar-refractivity contribution in [1.82, 2.24) is 0 Å². The monoisotopic (exact) mass is 248 g/mol. The van der Waals surface area contributed by atoms with Gasteiger partial charge in [0.05, 0.1) is 12.7 Å². The summed E-state index contributed by atoms with van der Waals surface area (Å²) in [7, 11) is 0. The first-order valence-electron chi connectivity index (χ1n) is 6.55. The van der Waals surface area contributed by atoms with Gasteiger partial charge in [0.1, 0.15) is 5.75 Å². The normalized spacial score (nSPS) is 19.8. The SMILES string of the molecule is CC(C)Oc1cccc(C(=O)C2CCCOC2)c1. The molecule has 0 radical (unpaired) electrons. The number of carbonyl (C=O) groups excluding carboxylic acids is 1. The number of Topliss-reactive ketones (excluding diaryl/α,β-unsaturated/α-hetero) is 1. The Hall–Kier alpha value is -1.35. The van der Waals surface area contributed by atoms with E-state index in [1.165, 1.54) is 0 Å². The summed E-state index contributed by atoms with van der Waals surface area (Å²) >= 11 is 0. The summed E-state index contributed by atoms with van der Waals surface area (Å²) in [6, 6.07) is 7.43. The Balaban J connectivity index is 2.09. The first-order chi connectivity index (χ1) is 8.66. The largest absolute Gasteiger partial charge is 0.491 e. The Kier molecular flexibility index (Phi) is 4.37. The number of benzene rings is 1. The summed E-state index contributed by atoms with van der Waals surface area (Å²) in [4.78, 5) is 12.3. The van der Waals surface area contributed by atoms with Crippen LogP contribution < -0.4 is 4.74 Å². The minimum absolute atomic E-state index is 0.00745. The van der Waals surface area contributed by atoms with Gasteiger partial charge in [0.25, 0.3) is 0 Å². The van der Waals surface area contributed by atoms with Crippen molar-refractivity contribution in [2.75, 3.05) is 13.2 Å². The lowest BCUT2D eigenvalue weighted by molar-refractivity contribution is 0.0461. The van der Waals surface area contributed by atoms with Crippen LogP contribution in [0.15, 0.2) is 24.3 Å². The zero-order valence-electron chi connectivity index (χ0n) is 11.0. The van der Waals surface area contributed by atoms with E-state index in [1.807, 2.05) is 38.1 Å². The molecule has 18 heavy (non-hydrogen) atoms. The molecule has 1 aliphatic rings. The van der Waals surface area contributed by atoms with E-state index in [1.54, 1.807) is 0 Å². The number of carbonyl (C=O) groups is 1. The average Bonchev–Trinajstić information content (AvgIpc) is 2.38. The third-order valence-electron chi connectivity index (χ3n) is 3.02. The molecule has 98 valence electrons. The van der Waals surface area contributed by atoms with Crippen LogP contribution in [0.5, 0.6) is 5.75 Å². The van der Waals surface area contributed by atoms with Crippen LogP contribution in [0.25, 0.3) is 0 Å². The summed E-state index contributed by atoms with van der Waals surface area (Å²) in [5.74, 6) is 0.935. The molecule has 0 amide bonds. The highest BCUT2D eigenvalue weighted by Crippen LogP contribution is 2.22. The zero-order valence-corrected chi connectivity index (χ0v) is 11.0. The molecule has 1 aliphatic heterocycles. The van der Waals surface area contributed by atoms with Gasteiger partial charge in [-0.3, -0.25) is 4.79 Å². The zero-order chi connectivity index (χ0) is 13.0. The molecule has 1 saturated heterocycles. The molecule has 1 aromatic rings. The fraction of sp³-hybridized carbons (Fsp3) is 0.533. The van der Waals surface area contributed by atoms with Crippen molar-refractivity contribution in [2.45, 2.75) is 32.8 Å². The molecular formula is C15H20O3. The van der Waals surface area contributed by atoms with Gasteiger partial charge in [-0.2, -0.15) is 0 Å². The van der Waals surface area contributed by atoms with E-state index in [2.05, 4.69) is 0 Å². The number of ether oxygens (including phenoxy) is 2. The highest BCUT2D eigenvalue weighted by atomic mass is 16.5. The van der Waals surface area contributed by atoms with E-state index in [-0.39, 0.29) is 17.8 Å². The van der Waals surface area contributed by atoms with Crippen molar-refractivity contribution in [3.63, 3.8) is 0 Å². The van der Waals surface area contributed by atoms with Gasteiger partial charge in [-0.15, -0.1) is 0 Å². The average molecular weight is 248 g/mol. The Morgan fingerprint density at radius 1 is 1.44 bits per heavy atom. The van der Waals surface area contributed by atoms with Crippen LogP contribution in [-0.4, -0.2) is 25.1 Å². The highest BCUT2D eigenvalue weighted by molar-refractivity contribution is 5.98. The molecule has 1 heterocycles. The summed E-state index contributed by atoms with van der Waals surface area (Å²) in [5, 5.41) is 0. The fourth-order valence-corrected chi connectivity index (χ4v) is 2.18. The van der Waals surface area contributed by atoms with Gasteiger partial charge in [-0.25, -0.2) is 0 Å². The van der Waals surface area contributed by atoms with Gasteiger partial charge in [-0.05, 0) is 38.8 Å². The second-order valence-electron chi connectivity index (χ2n) is 4.97. The smallest absolute Gasteiger partial charge is 0.168 e. The van der Waals surface area contributed by atoms with E-state index in [0.29, 0.717) is 6.61 Å². The Bertz CT molecular complexity index is 406. The predicted octanol–water partition coefficient (Wildman–Crippen LogP) is 3.08. The third kappa shape index (κ3) is 3.33. The van der Waals surface area contributed by atoms with E-state index in [4.69, 9.17) is 9.47 Å². The van der Waals surface area contributed by atoms with E-state index < -0.39 is 0 Å².